The number of rotatable bonds is 6. The fraction of sp³-hybridized carbons (Fsp3) is 0.174. The molecule has 4 rings (SSSR count). The zero-order valence-electron chi connectivity index (χ0n) is 16.5. The number of carbonyl (C=O) groups excluding carboxylic acids is 3. The van der Waals surface area contributed by atoms with Crippen LogP contribution in [-0.2, 0) is 16.0 Å². The predicted octanol–water partition coefficient (Wildman–Crippen LogP) is 3.87. The quantitative estimate of drug-likeness (QED) is 0.594. The molecular formula is C23H21N3O3S. The maximum absolute atomic E-state index is 12.5. The van der Waals surface area contributed by atoms with Gasteiger partial charge >= 0.3 is 0 Å². The highest BCUT2D eigenvalue weighted by Crippen LogP contribution is 2.31. The Labute approximate surface area is 178 Å². The molecule has 1 aliphatic heterocycles. The van der Waals surface area contributed by atoms with Crippen LogP contribution in [-0.4, -0.2) is 40.0 Å². The summed E-state index contributed by atoms with van der Waals surface area (Å²) in [7, 11) is 0. The summed E-state index contributed by atoms with van der Waals surface area (Å²) in [6, 6.07) is 15.4. The van der Waals surface area contributed by atoms with Crippen LogP contribution in [0.4, 0.5) is 4.79 Å². The Hall–Kier alpha value is -3.32. The Morgan fingerprint density at radius 2 is 1.93 bits per heavy atom. The van der Waals surface area contributed by atoms with Gasteiger partial charge in [0.25, 0.3) is 11.1 Å². The SMILES string of the molecule is Cc1cccc2[nH]cc(CC(=O)NCCN3C(=O)S/C(=C/c4ccccc4)C3=O)c12. The van der Waals surface area contributed by atoms with Crippen molar-refractivity contribution in [2.24, 2.45) is 0 Å². The van der Waals surface area contributed by atoms with Crippen molar-refractivity contribution < 1.29 is 14.4 Å². The molecule has 2 heterocycles. The van der Waals surface area contributed by atoms with E-state index in [0.29, 0.717) is 4.91 Å². The summed E-state index contributed by atoms with van der Waals surface area (Å²) < 4.78 is 0. The number of amides is 3. The van der Waals surface area contributed by atoms with Crippen molar-refractivity contribution >= 4 is 45.8 Å². The molecule has 0 unspecified atom stereocenters. The number of fused-ring (bicyclic) bond motifs is 1. The Kier molecular flexibility index (Phi) is 5.72. The summed E-state index contributed by atoms with van der Waals surface area (Å²) in [5.74, 6) is -0.471. The number of imide groups is 1. The van der Waals surface area contributed by atoms with Gasteiger partial charge in [-0.1, -0.05) is 42.5 Å². The average molecular weight is 420 g/mol. The van der Waals surface area contributed by atoms with Crippen LogP contribution in [0.2, 0.25) is 0 Å². The first-order valence-corrected chi connectivity index (χ1v) is 10.5. The van der Waals surface area contributed by atoms with E-state index in [0.717, 1.165) is 39.4 Å². The van der Waals surface area contributed by atoms with Crippen molar-refractivity contribution in [2.45, 2.75) is 13.3 Å². The third-order valence-electron chi connectivity index (χ3n) is 4.98. The van der Waals surface area contributed by atoms with Gasteiger partial charge in [0.05, 0.1) is 11.3 Å². The molecule has 1 aromatic heterocycles. The molecule has 0 spiro atoms. The average Bonchev–Trinajstić information content (AvgIpc) is 3.25. The zero-order chi connectivity index (χ0) is 21.1. The van der Waals surface area contributed by atoms with Crippen molar-refractivity contribution in [1.82, 2.24) is 15.2 Å². The maximum atomic E-state index is 12.5. The lowest BCUT2D eigenvalue weighted by Gasteiger charge is -2.13. The summed E-state index contributed by atoms with van der Waals surface area (Å²) in [6.07, 6.45) is 3.80. The summed E-state index contributed by atoms with van der Waals surface area (Å²) in [4.78, 5) is 41.9. The molecule has 1 fully saturated rings. The molecular weight excluding hydrogens is 398 g/mol. The van der Waals surface area contributed by atoms with Crippen molar-refractivity contribution in [3.8, 4) is 0 Å². The molecule has 6 nitrogen and oxygen atoms in total. The van der Waals surface area contributed by atoms with Gasteiger partial charge in [0.1, 0.15) is 0 Å². The van der Waals surface area contributed by atoms with E-state index in [-0.39, 0.29) is 36.6 Å². The maximum Gasteiger partial charge on any atom is 0.293 e. The van der Waals surface area contributed by atoms with Crippen LogP contribution in [0.5, 0.6) is 0 Å². The van der Waals surface area contributed by atoms with Crippen molar-refractivity contribution in [3.05, 3.63) is 76.3 Å². The first kappa shape index (κ1) is 20.0. The number of carbonyl (C=O) groups is 3. The van der Waals surface area contributed by atoms with Crippen molar-refractivity contribution in [3.63, 3.8) is 0 Å². The molecule has 3 amide bonds. The van der Waals surface area contributed by atoms with Gasteiger partial charge in [-0.3, -0.25) is 19.3 Å². The Balaban J connectivity index is 1.33. The van der Waals surface area contributed by atoms with E-state index in [1.807, 2.05) is 61.7 Å². The number of aromatic amines is 1. The lowest BCUT2D eigenvalue weighted by Crippen LogP contribution is -2.37. The van der Waals surface area contributed by atoms with Gasteiger partial charge in [-0.25, -0.2) is 0 Å². The number of aromatic nitrogens is 1. The minimum atomic E-state index is -0.324. The molecule has 7 heteroatoms. The largest absolute Gasteiger partial charge is 0.361 e. The highest BCUT2D eigenvalue weighted by atomic mass is 32.2. The number of hydrogen-bond donors (Lipinski definition) is 2. The molecule has 2 aromatic carbocycles. The van der Waals surface area contributed by atoms with Crippen LogP contribution in [0.3, 0.4) is 0 Å². The van der Waals surface area contributed by atoms with Crippen molar-refractivity contribution in [1.29, 1.82) is 0 Å². The van der Waals surface area contributed by atoms with E-state index >= 15 is 0 Å². The van der Waals surface area contributed by atoms with E-state index in [9.17, 15) is 14.4 Å². The second kappa shape index (κ2) is 8.59. The number of nitrogens with zero attached hydrogens (tertiary/aromatic N) is 1. The Morgan fingerprint density at radius 1 is 1.13 bits per heavy atom. The number of hydrogen-bond acceptors (Lipinski definition) is 4. The van der Waals surface area contributed by atoms with Gasteiger partial charge in [0.15, 0.2) is 0 Å². The van der Waals surface area contributed by atoms with Crippen LogP contribution in [0.25, 0.3) is 17.0 Å². The van der Waals surface area contributed by atoms with Gasteiger partial charge in [0.2, 0.25) is 5.91 Å². The van der Waals surface area contributed by atoms with Gasteiger partial charge in [-0.05, 0) is 47.5 Å². The van der Waals surface area contributed by atoms with E-state index in [1.165, 1.54) is 4.90 Å². The van der Waals surface area contributed by atoms with Gasteiger partial charge < -0.3 is 10.3 Å². The van der Waals surface area contributed by atoms with E-state index < -0.39 is 0 Å². The third kappa shape index (κ3) is 4.16. The number of nitrogens with one attached hydrogen (secondary N) is 2. The molecule has 0 aliphatic carbocycles. The Bertz CT molecular complexity index is 1150. The van der Waals surface area contributed by atoms with Gasteiger partial charge in [-0.15, -0.1) is 0 Å². The number of aryl methyl sites for hydroxylation is 1. The highest BCUT2D eigenvalue weighted by molar-refractivity contribution is 8.18. The number of benzene rings is 2. The molecule has 1 aliphatic rings. The molecule has 30 heavy (non-hydrogen) atoms. The molecule has 0 atom stereocenters. The fourth-order valence-corrected chi connectivity index (χ4v) is 4.39. The normalized spacial score (nSPS) is 15.4. The van der Waals surface area contributed by atoms with Gasteiger partial charge in [-0.2, -0.15) is 0 Å². The minimum absolute atomic E-state index is 0.147. The second-order valence-electron chi connectivity index (χ2n) is 7.08. The lowest BCUT2D eigenvalue weighted by molar-refractivity contribution is -0.124. The minimum Gasteiger partial charge on any atom is -0.361 e. The fourth-order valence-electron chi connectivity index (χ4n) is 3.53. The van der Waals surface area contributed by atoms with E-state index in [4.69, 9.17) is 0 Å². The monoisotopic (exact) mass is 419 g/mol. The van der Waals surface area contributed by atoms with Crippen molar-refractivity contribution in [2.75, 3.05) is 13.1 Å². The summed E-state index contributed by atoms with van der Waals surface area (Å²) in [5, 5.41) is 3.55. The van der Waals surface area contributed by atoms with E-state index in [1.54, 1.807) is 6.08 Å². The Morgan fingerprint density at radius 3 is 2.73 bits per heavy atom. The predicted molar refractivity (Wildman–Crippen MR) is 119 cm³/mol. The summed E-state index contributed by atoms with van der Waals surface area (Å²) in [6.45, 7) is 2.38. The second-order valence-corrected chi connectivity index (χ2v) is 8.08. The molecule has 152 valence electrons. The molecule has 0 bridgehead atoms. The third-order valence-corrected chi connectivity index (χ3v) is 5.88. The molecule has 1 saturated heterocycles. The molecule has 0 radical (unpaired) electrons. The topological polar surface area (TPSA) is 82.3 Å². The number of thioether (sulfide) groups is 1. The highest BCUT2D eigenvalue weighted by Gasteiger charge is 2.34. The van der Waals surface area contributed by atoms with Crippen LogP contribution < -0.4 is 5.32 Å². The standard InChI is InChI=1S/C23H21N3O3S/c1-15-6-5-9-18-21(15)17(14-25-18)13-20(27)24-10-11-26-22(28)19(30-23(26)29)12-16-7-3-2-4-8-16/h2-9,12,14,25H,10-11,13H2,1H3,(H,24,27)/b19-12+. The first-order chi connectivity index (χ1) is 14.5. The molecule has 2 N–H and O–H groups in total. The summed E-state index contributed by atoms with van der Waals surface area (Å²) in [5.41, 5.74) is 3.91. The van der Waals surface area contributed by atoms with Crippen LogP contribution in [0.1, 0.15) is 16.7 Å². The molecule has 3 aromatic rings. The van der Waals surface area contributed by atoms with E-state index in [2.05, 4.69) is 10.3 Å². The number of H-pyrrole nitrogens is 1. The van der Waals surface area contributed by atoms with Crippen LogP contribution >= 0.6 is 11.8 Å². The zero-order valence-corrected chi connectivity index (χ0v) is 17.3. The molecule has 0 saturated carbocycles. The lowest BCUT2D eigenvalue weighted by atomic mass is 10.1. The smallest absolute Gasteiger partial charge is 0.293 e. The summed E-state index contributed by atoms with van der Waals surface area (Å²) >= 11 is 0.924. The van der Waals surface area contributed by atoms with Crippen LogP contribution in [0.15, 0.2) is 59.6 Å². The first-order valence-electron chi connectivity index (χ1n) is 9.65. The van der Waals surface area contributed by atoms with Crippen LogP contribution in [0, 0.1) is 6.92 Å². The van der Waals surface area contributed by atoms with Gasteiger partial charge in [0, 0.05) is 30.2 Å².